The maximum absolute atomic E-state index is 12.2. The van der Waals surface area contributed by atoms with Crippen LogP contribution in [0.4, 0.5) is 4.79 Å². The maximum atomic E-state index is 12.2. The van der Waals surface area contributed by atoms with Crippen LogP contribution in [-0.2, 0) is 9.47 Å². The fourth-order valence-electron chi connectivity index (χ4n) is 2.50. The highest BCUT2D eigenvalue weighted by atomic mass is 79.9. The molecule has 0 radical (unpaired) electrons. The van der Waals surface area contributed by atoms with Gasteiger partial charge in [-0.05, 0) is 45.4 Å². The number of carbonyl (C=O) groups excluding carboxylic acids is 2. The first-order valence-electron chi connectivity index (χ1n) is 8.63. The van der Waals surface area contributed by atoms with Crippen molar-refractivity contribution >= 4 is 28.0 Å². The average Bonchev–Trinajstić information content (AvgIpc) is 3.03. The minimum absolute atomic E-state index is 0.174. The van der Waals surface area contributed by atoms with Crippen molar-refractivity contribution in [3.05, 3.63) is 52.5 Å². The van der Waals surface area contributed by atoms with Crippen molar-refractivity contribution in [3.63, 3.8) is 0 Å². The van der Waals surface area contributed by atoms with Crippen LogP contribution in [0.1, 0.15) is 49.9 Å². The summed E-state index contributed by atoms with van der Waals surface area (Å²) in [5.74, 6) is -0.340. The molecule has 0 spiro atoms. The first-order valence-corrected chi connectivity index (χ1v) is 9.43. The lowest BCUT2D eigenvalue weighted by atomic mass is 10.1. The van der Waals surface area contributed by atoms with Gasteiger partial charge in [0.25, 0.3) is 0 Å². The number of aromatic nitrogens is 2. The van der Waals surface area contributed by atoms with Crippen molar-refractivity contribution in [3.8, 4) is 0 Å². The minimum atomic E-state index is -0.597. The number of amides is 1. The van der Waals surface area contributed by atoms with Crippen LogP contribution in [0.15, 0.2) is 41.1 Å². The van der Waals surface area contributed by atoms with Gasteiger partial charge in [0.05, 0.1) is 12.6 Å². The van der Waals surface area contributed by atoms with E-state index in [4.69, 9.17) is 9.47 Å². The SMILES string of the molecule is CCOC(=O)c1nccn1C(CNC(=O)OC(C)(C)C)c1cccc(Br)c1. The zero-order chi connectivity index (χ0) is 20.0. The zero-order valence-electron chi connectivity index (χ0n) is 15.9. The molecular weight excluding hydrogens is 414 g/mol. The van der Waals surface area contributed by atoms with E-state index in [-0.39, 0.29) is 25.0 Å². The molecule has 0 saturated heterocycles. The fourth-order valence-corrected chi connectivity index (χ4v) is 2.92. The summed E-state index contributed by atoms with van der Waals surface area (Å²) >= 11 is 3.46. The maximum Gasteiger partial charge on any atom is 0.407 e. The number of ether oxygens (including phenoxy) is 2. The number of rotatable bonds is 6. The van der Waals surface area contributed by atoms with Crippen molar-refractivity contribution in [2.45, 2.75) is 39.3 Å². The summed E-state index contributed by atoms with van der Waals surface area (Å²) in [7, 11) is 0. The lowest BCUT2D eigenvalue weighted by molar-refractivity contribution is 0.0504. The van der Waals surface area contributed by atoms with Crippen molar-refractivity contribution in [2.24, 2.45) is 0 Å². The molecule has 8 heteroatoms. The molecule has 0 aliphatic heterocycles. The molecule has 1 heterocycles. The lowest BCUT2D eigenvalue weighted by Crippen LogP contribution is -2.36. The molecule has 1 atom stereocenters. The number of alkyl carbamates (subject to hydrolysis) is 1. The highest BCUT2D eigenvalue weighted by Crippen LogP contribution is 2.23. The number of benzene rings is 1. The number of esters is 1. The van der Waals surface area contributed by atoms with Crippen LogP contribution in [0.5, 0.6) is 0 Å². The van der Waals surface area contributed by atoms with E-state index in [0.29, 0.717) is 0 Å². The predicted octanol–water partition coefficient (Wildman–Crippen LogP) is 3.94. The van der Waals surface area contributed by atoms with E-state index in [1.54, 1.807) is 38.5 Å². The number of hydrogen-bond acceptors (Lipinski definition) is 5. The van der Waals surface area contributed by atoms with Gasteiger partial charge in [0.1, 0.15) is 5.60 Å². The topological polar surface area (TPSA) is 82.5 Å². The molecule has 0 aliphatic carbocycles. The third kappa shape index (κ3) is 6.09. The van der Waals surface area contributed by atoms with E-state index in [1.165, 1.54) is 6.20 Å². The third-order valence-corrected chi connectivity index (χ3v) is 4.03. The summed E-state index contributed by atoms with van der Waals surface area (Å²) in [6.07, 6.45) is 2.69. The van der Waals surface area contributed by atoms with E-state index in [9.17, 15) is 9.59 Å². The zero-order valence-corrected chi connectivity index (χ0v) is 17.4. The van der Waals surface area contributed by atoms with E-state index >= 15 is 0 Å². The molecule has 146 valence electrons. The Hall–Kier alpha value is -2.35. The summed E-state index contributed by atoms with van der Waals surface area (Å²) in [6, 6.07) is 7.28. The van der Waals surface area contributed by atoms with Crippen LogP contribution >= 0.6 is 15.9 Å². The molecule has 0 saturated carbocycles. The Morgan fingerprint density at radius 2 is 2.07 bits per heavy atom. The summed E-state index contributed by atoms with van der Waals surface area (Å²) in [5.41, 5.74) is 0.296. The number of nitrogens with zero attached hydrogens (tertiary/aromatic N) is 2. The van der Waals surface area contributed by atoms with Crippen molar-refractivity contribution in [1.82, 2.24) is 14.9 Å². The first-order chi connectivity index (χ1) is 12.7. The van der Waals surface area contributed by atoms with Crippen LogP contribution in [0.2, 0.25) is 0 Å². The second-order valence-corrected chi connectivity index (χ2v) is 7.75. The van der Waals surface area contributed by atoms with Gasteiger partial charge in [-0.15, -0.1) is 0 Å². The molecule has 7 nitrogen and oxygen atoms in total. The molecule has 2 aromatic rings. The Balaban J connectivity index is 2.30. The van der Waals surface area contributed by atoms with Crippen LogP contribution in [0, 0.1) is 0 Å². The van der Waals surface area contributed by atoms with Gasteiger partial charge >= 0.3 is 12.1 Å². The summed E-state index contributed by atoms with van der Waals surface area (Å²) in [4.78, 5) is 28.4. The molecule has 2 rings (SSSR count). The van der Waals surface area contributed by atoms with E-state index in [1.807, 2.05) is 24.3 Å². The Labute approximate surface area is 167 Å². The largest absolute Gasteiger partial charge is 0.460 e. The van der Waals surface area contributed by atoms with Gasteiger partial charge in [-0.25, -0.2) is 14.6 Å². The highest BCUT2D eigenvalue weighted by molar-refractivity contribution is 9.10. The van der Waals surface area contributed by atoms with Gasteiger partial charge in [-0.2, -0.15) is 0 Å². The van der Waals surface area contributed by atoms with E-state index < -0.39 is 17.7 Å². The number of imidazole rings is 1. The highest BCUT2D eigenvalue weighted by Gasteiger charge is 2.24. The number of nitrogens with one attached hydrogen (secondary N) is 1. The molecule has 0 fully saturated rings. The van der Waals surface area contributed by atoms with Crippen LogP contribution in [0.25, 0.3) is 0 Å². The Bertz CT molecular complexity index is 798. The van der Waals surface area contributed by atoms with Gasteiger partial charge in [0.2, 0.25) is 5.82 Å². The number of hydrogen-bond donors (Lipinski definition) is 1. The van der Waals surface area contributed by atoms with Crippen LogP contribution in [-0.4, -0.2) is 40.4 Å². The van der Waals surface area contributed by atoms with Crippen molar-refractivity contribution < 1.29 is 19.1 Å². The smallest absolute Gasteiger partial charge is 0.407 e. The fraction of sp³-hybridized carbons (Fsp3) is 0.421. The normalized spacial score (nSPS) is 12.3. The second-order valence-electron chi connectivity index (χ2n) is 6.83. The molecule has 1 aromatic heterocycles. The Morgan fingerprint density at radius 3 is 2.70 bits per heavy atom. The first kappa shape index (κ1) is 21.0. The van der Waals surface area contributed by atoms with Crippen molar-refractivity contribution in [1.29, 1.82) is 0 Å². The monoisotopic (exact) mass is 437 g/mol. The molecule has 0 bridgehead atoms. The van der Waals surface area contributed by atoms with Gasteiger partial charge in [-0.3, -0.25) is 0 Å². The summed E-state index contributed by atoms with van der Waals surface area (Å²) < 4.78 is 13.0. The average molecular weight is 438 g/mol. The van der Waals surface area contributed by atoms with Gasteiger partial charge in [0, 0.05) is 23.4 Å². The second kappa shape index (κ2) is 9.03. The molecule has 27 heavy (non-hydrogen) atoms. The summed E-state index contributed by atoms with van der Waals surface area (Å²) in [5, 5.41) is 2.77. The van der Waals surface area contributed by atoms with Gasteiger partial charge in [-0.1, -0.05) is 28.1 Å². The minimum Gasteiger partial charge on any atom is -0.460 e. The number of carbonyl (C=O) groups is 2. The van der Waals surface area contributed by atoms with Crippen LogP contribution in [0.3, 0.4) is 0 Å². The Morgan fingerprint density at radius 1 is 1.33 bits per heavy atom. The van der Waals surface area contributed by atoms with Gasteiger partial charge < -0.3 is 19.4 Å². The molecule has 1 N–H and O–H groups in total. The quantitative estimate of drug-likeness (QED) is 0.691. The number of halogens is 1. The molecule has 1 aromatic carbocycles. The molecule has 1 unspecified atom stereocenters. The van der Waals surface area contributed by atoms with E-state index in [0.717, 1.165) is 10.0 Å². The summed E-state index contributed by atoms with van der Waals surface area (Å²) in [6.45, 7) is 7.60. The molecule has 0 aliphatic rings. The van der Waals surface area contributed by atoms with Gasteiger partial charge in [0.15, 0.2) is 0 Å². The van der Waals surface area contributed by atoms with E-state index in [2.05, 4.69) is 26.2 Å². The Kier molecular flexibility index (Phi) is 7.01. The predicted molar refractivity (Wildman–Crippen MR) is 105 cm³/mol. The molecular formula is C19H24BrN3O4. The van der Waals surface area contributed by atoms with Crippen molar-refractivity contribution in [2.75, 3.05) is 13.2 Å². The third-order valence-electron chi connectivity index (χ3n) is 3.53. The standard InChI is InChI=1S/C19H24BrN3O4/c1-5-26-17(24)16-21-9-10-23(16)15(13-7-6-8-14(20)11-13)12-22-18(25)27-19(2,3)4/h6-11,15H,5,12H2,1-4H3,(H,22,25). The molecule has 1 amide bonds. The lowest BCUT2D eigenvalue weighted by Gasteiger charge is -2.24. The van der Waals surface area contributed by atoms with Crippen LogP contribution < -0.4 is 5.32 Å².